The Morgan fingerprint density at radius 1 is 1.06 bits per heavy atom. The normalized spacial score (nSPS) is 14.4. The van der Waals surface area contributed by atoms with Crippen molar-refractivity contribution in [3.8, 4) is 16.9 Å². The number of benzene rings is 2. The number of anilines is 2. The van der Waals surface area contributed by atoms with Crippen molar-refractivity contribution in [3.05, 3.63) is 67.0 Å². The van der Waals surface area contributed by atoms with Crippen LogP contribution in [0.15, 0.2) is 71.9 Å². The van der Waals surface area contributed by atoms with Gasteiger partial charge >= 0.3 is 0 Å². The van der Waals surface area contributed by atoms with Crippen molar-refractivity contribution >= 4 is 32.4 Å². The van der Waals surface area contributed by atoms with Crippen LogP contribution in [0.1, 0.15) is 0 Å². The number of aryl methyl sites for hydroxylation is 1. The molecular formula is C25H27N5O3S. The lowest BCUT2D eigenvalue weighted by atomic mass is 10.0. The van der Waals surface area contributed by atoms with Crippen LogP contribution in [0, 0.1) is 0 Å². The molecule has 9 heteroatoms. The van der Waals surface area contributed by atoms with Crippen molar-refractivity contribution in [1.82, 2.24) is 14.9 Å². The fourth-order valence-electron chi connectivity index (χ4n) is 4.37. The number of nitrogens with one attached hydrogen (secondary N) is 2. The highest BCUT2D eigenvalue weighted by Crippen LogP contribution is 2.38. The molecule has 2 aromatic heterocycles. The van der Waals surface area contributed by atoms with Gasteiger partial charge in [0.1, 0.15) is 11.4 Å². The molecule has 0 bridgehead atoms. The summed E-state index contributed by atoms with van der Waals surface area (Å²) >= 11 is 0. The highest BCUT2D eigenvalue weighted by atomic mass is 32.2. The van der Waals surface area contributed by atoms with Gasteiger partial charge in [-0.2, -0.15) is 0 Å². The van der Waals surface area contributed by atoms with E-state index in [0.717, 1.165) is 54.1 Å². The van der Waals surface area contributed by atoms with Crippen LogP contribution >= 0.6 is 0 Å². The number of pyridine rings is 1. The third-order valence-electron chi connectivity index (χ3n) is 6.08. The molecule has 0 radical (unpaired) electrons. The van der Waals surface area contributed by atoms with Gasteiger partial charge in [-0.1, -0.05) is 18.2 Å². The smallest absolute Gasteiger partial charge is 0.261 e. The summed E-state index contributed by atoms with van der Waals surface area (Å²) in [7, 11) is -0.194. The first-order chi connectivity index (χ1) is 16.5. The Balaban J connectivity index is 1.64. The minimum absolute atomic E-state index is 0.208. The van der Waals surface area contributed by atoms with E-state index in [-0.39, 0.29) is 4.90 Å². The van der Waals surface area contributed by atoms with Crippen LogP contribution in [0.2, 0.25) is 0 Å². The molecule has 34 heavy (non-hydrogen) atoms. The monoisotopic (exact) mass is 477 g/mol. The van der Waals surface area contributed by atoms with Crippen LogP contribution in [-0.4, -0.2) is 51.3 Å². The molecule has 176 valence electrons. The number of aromatic nitrogens is 2. The van der Waals surface area contributed by atoms with Crippen molar-refractivity contribution in [2.24, 2.45) is 7.05 Å². The molecule has 1 aliphatic heterocycles. The lowest BCUT2D eigenvalue weighted by molar-refractivity contribution is 0.415. The Labute approximate surface area is 199 Å². The number of rotatable bonds is 6. The number of hydrogen-bond donors (Lipinski definition) is 2. The zero-order chi connectivity index (χ0) is 23.7. The first kappa shape index (κ1) is 22.2. The largest absolute Gasteiger partial charge is 0.497 e. The third kappa shape index (κ3) is 4.20. The van der Waals surface area contributed by atoms with Gasteiger partial charge in [0, 0.05) is 62.9 Å². The minimum Gasteiger partial charge on any atom is -0.497 e. The standard InChI is InChI=1S/C25H27N5O3S/c1-29-17-22(18-14-19(16-20(15-18)33-2)30-12-10-26-11-13-30)24-23(8-9-27-25(24)29)28-34(31,32)21-6-4-3-5-7-21/h3-9,14-17,26H,10-13H2,1-2H3,(H,27,28). The quantitative estimate of drug-likeness (QED) is 0.442. The summed E-state index contributed by atoms with van der Waals surface area (Å²) in [6, 6.07) is 16.2. The molecular weight excluding hydrogens is 450 g/mol. The Morgan fingerprint density at radius 2 is 1.82 bits per heavy atom. The molecule has 0 unspecified atom stereocenters. The first-order valence-electron chi connectivity index (χ1n) is 11.1. The number of piperazine rings is 1. The van der Waals surface area contributed by atoms with Crippen LogP contribution < -0.4 is 19.7 Å². The maximum atomic E-state index is 13.1. The number of nitrogens with zero attached hydrogens (tertiary/aromatic N) is 3. The molecule has 1 aliphatic rings. The van der Waals surface area contributed by atoms with E-state index in [2.05, 4.69) is 26.0 Å². The molecule has 0 atom stereocenters. The van der Waals surface area contributed by atoms with Crippen LogP contribution in [0.25, 0.3) is 22.2 Å². The molecule has 1 saturated heterocycles. The number of sulfonamides is 1. The maximum Gasteiger partial charge on any atom is 0.261 e. The Bertz CT molecular complexity index is 1430. The predicted molar refractivity (Wildman–Crippen MR) is 135 cm³/mol. The van der Waals surface area contributed by atoms with Crippen molar-refractivity contribution in [2.75, 3.05) is 42.9 Å². The number of hydrogen-bond acceptors (Lipinski definition) is 6. The van der Waals surface area contributed by atoms with Gasteiger partial charge in [-0.3, -0.25) is 4.72 Å². The molecule has 1 fully saturated rings. The zero-order valence-corrected chi connectivity index (χ0v) is 20.0. The van der Waals surface area contributed by atoms with E-state index in [4.69, 9.17) is 4.74 Å². The van der Waals surface area contributed by atoms with E-state index in [0.29, 0.717) is 11.3 Å². The van der Waals surface area contributed by atoms with E-state index in [9.17, 15) is 8.42 Å². The third-order valence-corrected chi connectivity index (χ3v) is 7.46. The highest BCUT2D eigenvalue weighted by Gasteiger charge is 2.21. The lowest BCUT2D eigenvalue weighted by Gasteiger charge is -2.30. The van der Waals surface area contributed by atoms with Crippen molar-refractivity contribution in [2.45, 2.75) is 4.90 Å². The lowest BCUT2D eigenvalue weighted by Crippen LogP contribution is -2.43. The molecule has 0 saturated carbocycles. The molecule has 5 rings (SSSR count). The number of methoxy groups -OCH3 is 1. The van der Waals surface area contributed by atoms with E-state index in [1.165, 1.54) is 0 Å². The average molecular weight is 478 g/mol. The van der Waals surface area contributed by atoms with Crippen molar-refractivity contribution in [3.63, 3.8) is 0 Å². The van der Waals surface area contributed by atoms with E-state index in [1.807, 2.05) is 29.9 Å². The fourth-order valence-corrected chi connectivity index (χ4v) is 5.47. The summed E-state index contributed by atoms with van der Waals surface area (Å²) in [5, 5.41) is 4.12. The molecule has 0 amide bonds. The first-order valence-corrected chi connectivity index (χ1v) is 12.6. The molecule has 8 nitrogen and oxygen atoms in total. The summed E-state index contributed by atoms with van der Waals surface area (Å²) in [6.07, 6.45) is 3.60. The van der Waals surface area contributed by atoms with Crippen LogP contribution in [0.4, 0.5) is 11.4 Å². The molecule has 3 heterocycles. The van der Waals surface area contributed by atoms with E-state index >= 15 is 0 Å². The number of ether oxygens (including phenoxy) is 1. The Hall–Kier alpha value is -3.56. The average Bonchev–Trinajstić information content (AvgIpc) is 3.22. The van der Waals surface area contributed by atoms with E-state index in [1.54, 1.807) is 49.7 Å². The predicted octanol–water partition coefficient (Wildman–Crippen LogP) is 3.46. The highest BCUT2D eigenvalue weighted by molar-refractivity contribution is 7.92. The van der Waals surface area contributed by atoms with E-state index < -0.39 is 10.0 Å². The molecule has 0 aliphatic carbocycles. The van der Waals surface area contributed by atoms with Gasteiger partial charge in [0.05, 0.1) is 23.1 Å². The Morgan fingerprint density at radius 3 is 2.56 bits per heavy atom. The summed E-state index contributed by atoms with van der Waals surface area (Å²) in [5.74, 6) is 0.748. The SMILES string of the molecule is COc1cc(-c2cn(C)c3nccc(NS(=O)(=O)c4ccccc4)c23)cc(N2CCNCC2)c1. The maximum absolute atomic E-state index is 13.1. The second-order valence-electron chi connectivity index (χ2n) is 8.29. The topological polar surface area (TPSA) is 88.5 Å². The summed E-state index contributed by atoms with van der Waals surface area (Å²) in [4.78, 5) is 7.06. The van der Waals surface area contributed by atoms with Gasteiger partial charge in [-0.25, -0.2) is 13.4 Å². The summed E-state index contributed by atoms with van der Waals surface area (Å²) in [5.41, 5.74) is 4.06. The molecule has 0 spiro atoms. The van der Waals surface area contributed by atoms with Crippen LogP contribution in [0.5, 0.6) is 5.75 Å². The van der Waals surface area contributed by atoms with Crippen molar-refractivity contribution in [1.29, 1.82) is 0 Å². The van der Waals surface area contributed by atoms with Gasteiger partial charge in [0.25, 0.3) is 10.0 Å². The molecule has 4 aromatic rings. The molecule has 2 N–H and O–H groups in total. The fraction of sp³-hybridized carbons (Fsp3) is 0.240. The van der Waals surface area contributed by atoms with Gasteiger partial charge in [-0.15, -0.1) is 0 Å². The summed E-state index contributed by atoms with van der Waals surface area (Å²) in [6.45, 7) is 3.67. The summed E-state index contributed by atoms with van der Waals surface area (Å²) < 4.78 is 36.5. The van der Waals surface area contributed by atoms with Crippen molar-refractivity contribution < 1.29 is 13.2 Å². The Kier molecular flexibility index (Phi) is 5.89. The van der Waals surface area contributed by atoms with Crippen LogP contribution in [-0.2, 0) is 17.1 Å². The van der Waals surface area contributed by atoms with Gasteiger partial charge in [-0.05, 0) is 35.9 Å². The minimum atomic E-state index is -3.76. The van der Waals surface area contributed by atoms with Gasteiger partial charge < -0.3 is 19.5 Å². The van der Waals surface area contributed by atoms with Gasteiger partial charge in [0.15, 0.2) is 0 Å². The molecule has 2 aromatic carbocycles. The zero-order valence-electron chi connectivity index (χ0n) is 19.2. The van der Waals surface area contributed by atoms with Crippen LogP contribution in [0.3, 0.4) is 0 Å². The second kappa shape index (κ2) is 9.00. The second-order valence-corrected chi connectivity index (χ2v) is 9.97. The van der Waals surface area contributed by atoms with Gasteiger partial charge in [0.2, 0.25) is 0 Å². The number of fused-ring (bicyclic) bond motifs is 1.